The van der Waals surface area contributed by atoms with Crippen molar-refractivity contribution in [1.29, 1.82) is 0 Å². The highest BCUT2D eigenvalue weighted by molar-refractivity contribution is 7.99. The maximum atomic E-state index is 13.7. The molecule has 0 radical (unpaired) electrons. The zero-order valence-corrected chi connectivity index (χ0v) is 22.3. The number of ether oxygens (including phenoxy) is 1. The predicted molar refractivity (Wildman–Crippen MR) is 147 cm³/mol. The first-order valence-corrected chi connectivity index (χ1v) is 13.9. The summed E-state index contributed by atoms with van der Waals surface area (Å²) < 4.78 is 33.9. The monoisotopic (exact) mass is 532 g/mol. The maximum absolute atomic E-state index is 13.7. The molecule has 37 heavy (non-hydrogen) atoms. The molecule has 190 valence electrons. The molecule has 8 heteroatoms. The van der Waals surface area contributed by atoms with Crippen molar-refractivity contribution in [1.82, 2.24) is 4.31 Å². The molecule has 0 unspecified atom stereocenters. The van der Waals surface area contributed by atoms with Gasteiger partial charge in [-0.15, -0.1) is 0 Å². The summed E-state index contributed by atoms with van der Waals surface area (Å²) >= 11 is 1.53. The Morgan fingerprint density at radius 2 is 1.54 bits per heavy atom. The van der Waals surface area contributed by atoms with Gasteiger partial charge >= 0.3 is 0 Å². The zero-order chi connectivity index (χ0) is 26.3. The number of nitrogens with zero attached hydrogens (tertiary/aromatic N) is 1. The fourth-order valence-corrected chi connectivity index (χ4v) is 6.19. The molecule has 0 saturated carbocycles. The van der Waals surface area contributed by atoms with Crippen molar-refractivity contribution in [2.75, 3.05) is 19.0 Å². The molecule has 4 aromatic carbocycles. The van der Waals surface area contributed by atoms with Crippen molar-refractivity contribution in [2.45, 2.75) is 28.2 Å². The molecule has 0 aliphatic heterocycles. The Morgan fingerprint density at radius 3 is 2.22 bits per heavy atom. The lowest BCUT2D eigenvalue weighted by atomic mass is 10.2. The molecule has 0 saturated heterocycles. The number of anilines is 1. The minimum Gasteiger partial charge on any atom is -0.496 e. The van der Waals surface area contributed by atoms with E-state index in [4.69, 9.17) is 4.74 Å². The molecule has 0 heterocycles. The standard InChI is InChI=1S/C29H28N2O4S2/c1-22-19-25(17-18-27(22)35-2)37(33,34)31(20-23-11-5-3-6-12-23)21-29(32)30-26-15-9-10-16-28(26)36-24-13-7-4-8-14-24/h3-19H,20-21H2,1-2H3,(H,30,32). The van der Waals surface area contributed by atoms with Gasteiger partial charge in [0.15, 0.2) is 0 Å². The summed E-state index contributed by atoms with van der Waals surface area (Å²) in [6.45, 7) is 1.50. The second-order valence-corrected chi connectivity index (χ2v) is 11.4. The molecule has 4 aromatic rings. The average molecular weight is 533 g/mol. The summed E-state index contributed by atoms with van der Waals surface area (Å²) in [7, 11) is -2.44. The van der Waals surface area contributed by atoms with Gasteiger partial charge in [-0.25, -0.2) is 8.42 Å². The number of methoxy groups -OCH3 is 1. The molecule has 0 bridgehead atoms. The number of carbonyl (C=O) groups excluding carboxylic acids is 1. The SMILES string of the molecule is COc1ccc(S(=O)(=O)N(CC(=O)Nc2ccccc2Sc2ccccc2)Cc2ccccc2)cc1C. The Labute approximate surface area is 222 Å². The smallest absolute Gasteiger partial charge is 0.243 e. The fraction of sp³-hybridized carbons (Fsp3) is 0.138. The lowest BCUT2D eigenvalue weighted by Crippen LogP contribution is -2.37. The van der Waals surface area contributed by atoms with Gasteiger partial charge in [0, 0.05) is 16.3 Å². The first-order chi connectivity index (χ1) is 17.9. The van der Waals surface area contributed by atoms with Gasteiger partial charge in [0.05, 0.1) is 24.2 Å². The molecular formula is C29H28N2O4S2. The van der Waals surface area contributed by atoms with Crippen molar-refractivity contribution in [3.8, 4) is 5.75 Å². The van der Waals surface area contributed by atoms with Crippen LogP contribution in [0.25, 0.3) is 0 Å². The van der Waals surface area contributed by atoms with Crippen LogP contribution in [0.3, 0.4) is 0 Å². The lowest BCUT2D eigenvalue weighted by molar-refractivity contribution is -0.116. The molecule has 1 N–H and O–H groups in total. The predicted octanol–water partition coefficient (Wildman–Crippen LogP) is 5.98. The van der Waals surface area contributed by atoms with Gasteiger partial charge in [0.25, 0.3) is 0 Å². The number of amides is 1. The number of sulfonamides is 1. The van der Waals surface area contributed by atoms with Gasteiger partial charge in [0.1, 0.15) is 5.75 Å². The fourth-order valence-electron chi connectivity index (χ4n) is 3.80. The average Bonchev–Trinajstić information content (AvgIpc) is 2.90. The molecular weight excluding hydrogens is 504 g/mol. The van der Waals surface area contributed by atoms with Crippen LogP contribution in [-0.4, -0.2) is 32.3 Å². The molecule has 4 rings (SSSR count). The molecule has 0 aliphatic rings. The quantitative estimate of drug-likeness (QED) is 0.272. The summed E-state index contributed by atoms with van der Waals surface area (Å²) in [4.78, 5) is 15.2. The van der Waals surface area contributed by atoms with E-state index in [1.54, 1.807) is 19.1 Å². The van der Waals surface area contributed by atoms with Crippen LogP contribution in [0.2, 0.25) is 0 Å². The van der Waals surface area contributed by atoms with Gasteiger partial charge < -0.3 is 10.1 Å². The molecule has 0 spiro atoms. The number of aryl methyl sites for hydroxylation is 1. The van der Waals surface area contributed by atoms with E-state index in [9.17, 15) is 13.2 Å². The van der Waals surface area contributed by atoms with Crippen LogP contribution in [0, 0.1) is 6.92 Å². The second kappa shape index (κ2) is 12.1. The second-order valence-electron chi connectivity index (χ2n) is 8.35. The van der Waals surface area contributed by atoms with Crippen molar-refractivity contribution < 1.29 is 17.9 Å². The van der Waals surface area contributed by atoms with Crippen LogP contribution < -0.4 is 10.1 Å². The normalized spacial score (nSPS) is 11.3. The Hall–Kier alpha value is -3.59. The highest BCUT2D eigenvalue weighted by atomic mass is 32.2. The summed E-state index contributed by atoms with van der Waals surface area (Å²) in [5, 5.41) is 2.91. The number of carbonyl (C=O) groups is 1. The Balaban J connectivity index is 1.59. The first-order valence-electron chi connectivity index (χ1n) is 11.7. The Bertz CT molecular complexity index is 1460. The largest absolute Gasteiger partial charge is 0.496 e. The van der Waals surface area contributed by atoms with Crippen molar-refractivity contribution in [2.24, 2.45) is 0 Å². The molecule has 0 fully saturated rings. The van der Waals surface area contributed by atoms with Crippen molar-refractivity contribution >= 4 is 33.4 Å². The van der Waals surface area contributed by atoms with E-state index in [1.807, 2.05) is 84.9 Å². The number of rotatable bonds is 10. The number of benzene rings is 4. The highest BCUT2D eigenvalue weighted by Gasteiger charge is 2.28. The minimum atomic E-state index is -3.98. The van der Waals surface area contributed by atoms with Gasteiger partial charge in [-0.3, -0.25) is 4.79 Å². The number of hydrogen-bond donors (Lipinski definition) is 1. The first kappa shape index (κ1) is 26.5. The summed E-state index contributed by atoms with van der Waals surface area (Å²) in [6, 6.07) is 31.2. The van der Waals surface area contributed by atoms with Gasteiger partial charge in [-0.1, -0.05) is 72.4 Å². The van der Waals surface area contributed by atoms with Crippen molar-refractivity contribution in [3.63, 3.8) is 0 Å². The van der Waals surface area contributed by atoms with Crippen LogP contribution in [0.15, 0.2) is 118 Å². The van der Waals surface area contributed by atoms with Crippen LogP contribution in [0.5, 0.6) is 5.75 Å². The van der Waals surface area contributed by atoms with E-state index in [0.29, 0.717) is 17.0 Å². The number of para-hydroxylation sites is 1. The number of hydrogen-bond acceptors (Lipinski definition) is 5. The maximum Gasteiger partial charge on any atom is 0.243 e. The van der Waals surface area contributed by atoms with E-state index in [-0.39, 0.29) is 18.0 Å². The topological polar surface area (TPSA) is 75.7 Å². The van der Waals surface area contributed by atoms with Gasteiger partial charge in [-0.2, -0.15) is 4.31 Å². The highest BCUT2D eigenvalue weighted by Crippen LogP contribution is 2.33. The molecule has 6 nitrogen and oxygen atoms in total. The summed E-state index contributed by atoms with van der Waals surface area (Å²) in [5.74, 6) is 0.171. The van der Waals surface area contributed by atoms with Crippen LogP contribution in [0.4, 0.5) is 5.69 Å². The summed E-state index contributed by atoms with van der Waals surface area (Å²) in [6.07, 6.45) is 0. The third-order valence-corrected chi connectivity index (χ3v) is 8.53. The Morgan fingerprint density at radius 1 is 0.892 bits per heavy atom. The van der Waals surface area contributed by atoms with E-state index in [0.717, 1.165) is 15.4 Å². The molecule has 0 atom stereocenters. The van der Waals surface area contributed by atoms with Crippen LogP contribution >= 0.6 is 11.8 Å². The van der Waals surface area contributed by atoms with Gasteiger partial charge in [0.2, 0.25) is 15.9 Å². The third kappa shape index (κ3) is 6.80. The van der Waals surface area contributed by atoms with Crippen LogP contribution in [0.1, 0.15) is 11.1 Å². The molecule has 1 amide bonds. The number of nitrogens with one attached hydrogen (secondary N) is 1. The van der Waals surface area contributed by atoms with Crippen LogP contribution in [-0.2, 0) is 21.4 Å². The minimum absolute atomic E-state index is 0.0576. The van der Waals surface area contributed by atoms with Crippen molar-refractivity contribution in [3.05, 3.63) is 114 Å². The third-order valence-electron chi connectivity index (χ3n) is 5.66. The lowest BCUT2D eigenvalue weighted by Gasteiger charge is -2.23. The molecule has 0 aliphatic carbocycles. The van der Waals surface area contributed by atoms with E-state index >= 15 is 0 Å². The molecule has 0 aromatic heterocycles. The summed E-state index contributed by atoms with van der Waals surface area (Å²) in [5.41, 5.74) is 2.10. The van der Waals surface area contributed by atoms with Gasteiger partial charge in [-0.05, 0) is 60.5 Å². The van der Waals surface area contributed by atoms with E-state index in [2.05, 4.69) is 5.32 Å². The zero-order valence-electron chi connectivity index (χ0n) is 20.6. The van der Waals surface area contributed by atoms with E-state index < -0.39 is 15.9 Å². The van der Waals surface area contributed by atoms with E-state index in [1.165, 1.54) is 29.2 Å². The Kier molecular flexibility index (Phi) is 8.66.